The van der Waals surface area contributed by atoms with E-state index in [2.05, 4.69) is 11.2 Å². The smallest absolute Gasteiger partial charge is 0.338 e. The van der Waals surface area contributed by atoms with Crippen LogP contribution in [0, 0.1) is 12.3 Å². The van der Waals surface area contributed by atoms with Crippen molar-refractivity contribution >= 4 is 17.9 Å². The monoisotopic (exact) mass is 293 g/mol. The summed E-state index contributed by atoms with van der Waals surface area (Å²) in [5.41, 5.74) is 2.02. The minimum atomic E-state index is -0.684. The van der Waals surface area contributed by atoms with E-state index in [0.717, 1.165) is 5.56 Å². The van der Waals surface area contributed by atoms with Gasteiger partial charge in [-0.25, -0.2) is 4.79 Å². The number of esters is 1. The lowest BCUT2D eigenvalue weighted by atomic mass is 10.2. The molecule has 0 saturated heterocycles. The minimum Gasteiger partial charge on any atom is -0.457 e. The number of carbonyl (C=O) groups excluding carboxylic acids is 2. The fourth-order valence-electron chi connectivity index (χ4n) is 1.80. The lowest BCUT2D eigenvalue weighted by Gasteiger charge is -2.09. The molecular formula is C18H15NO3. The number of hydrogen-bond donors (Lipinski definition) is 1. The van der Waals surface area contributed by atoms with Crippen molar-refractivity contribution in [2.45, 2.75) is 12.6 Å². The van der Waals surface area contributed by atoms with Crippen LogP contribution < -0.4 is 5.32 Å². The maximum Gasteiger partial charge on any atom is 0.338 e. The Kier molecular flexibility index (Phi) is 5.33. The van der Waals surface area contributed by atoms with Crippen molar-refractivity contribution in [3.63, 3.8) is 0 Å². The van der Waals surface area contributed by atoms with Crippen molar-refractivity contribution in [2.75, 3.05) is 5.32 Å². The Morgan fingerprint density at radius 3 is 2.45 bits per heavy atom. The number of carbonyl (C=O) groups is 2. The first kappa shape index (κ1) is 15.3. The SMILES string of the molecule is C#CC(C=O)Nc1ccc(C(=O)OCc2ccccc2)cc1. The second-order valence-electron chi connectivity index (χ2n) is 4.56. The predicted octanol–water partition coefficient (Wildman–Crippen LogP) is 2.66. The summed E-state index contributed by atoms with van der Waals surface area (Å²) in [6, 6.07) is 15.4. The molecular weight excluding hydrogens is 278 g/mol. The molecule has 0 bridgehead atoms. The number of hydrogen-bond acceptors (Lipinski definition) is 4. The standard InChI is InChI=1S/C18H15NO3/c1-2-16(12-20)19-17-10-8-15(9-11-17)18(21)22-13-14-6-4-3-5-7-14/h1,3-12,16,19H,13H2. The number of rotatable bonds is 6. The lowest BCUT2D eigenvalue weighted by Crippen LogP contribution is -2.18. The van der Waals surface area contributed by atoms with Gasteiger partial charge in [0.05, 0.1) is 5.56 Å². The number of ether oxygens (including phenoxy) is 1. The summed E-state index contributed by atoms with van der Waals surface area (Å²) < 4.78 is 5.23. The van der Waals surface area contributed by atoms with Gasteiger partial charge < -0.3 is 10.1 Å². The topological polar surface area (TPSA) is 55.4 Å². The van der Waals surface area contributed by atoms with E-state index < -0.39 is 12.0 Å². The van der Waals surface area contributed by atoms with Gasteiger partial charge in [0.25, 0.3) is 0 Å². The molecule has 0 aliphatic heterocycles. The van der Waals surface area contributed by atoms with E-state index in [1.165, 1.54) is 0 Å². The number of terminal acetylenes is 1. The molecule has 0 aliphatic rings. The van der Waals surface area contributed by atoms with Crippen LogP contribution in [0.2, 0.25) is 0 Å². The van der Waals surface area contributed by atoms with Crippen LogP contribution in [-0.4, -0.2) is 18.3 Å². The summed E-state index contributed by atoms with van der Waals surface area (Å²) in [6.07, 6.45) is 5.83. The summed E-state index contributed by atoms with van der Waals surface area (Å²) >= 11 is 0. The molecule has 0 spiro atoms. The zero-order valence-electron chi connectivity index (χ0n) is 11.9. The third-order valence-electron chi connectivity index (χ3n) is 2.97. The van der Waals surface area contributed by atoms with Crippen molar-refractivity contribution in [3.05, 3.63) is 65.7 Å². The zero-order chi connectivity index (χ0) is 15.8. The Hall–Kier alpha value is -3.06. The van der Waals surface area contributed by atoms with Crippen molar-refractivity contribution < 1.29 is 14.3 Å². The number of benzene rings is 2. The molecule has 0 heterocycles. The zero-order valence-corrected chi connectivity index (χ0v) is 11.9. The van der Waals surface area contributed by atoms with Gasteiger partial charge in [-0.1, -0.05) is 36.3 Å². The highest BCUT2D eigenvalue weighted by molar-refractivity contribution is 5.89. The first-order valence-electron chi connectivity index (χ1n) is 6.72. The van der Waals surface area contributed by atoms with E-state index in [1.807, 2.05) is 30.3 Å². The Morgan fingerprint density at radius 2 is 1.86 bits per heavy atom. The van der Waals surface area contributed by atoms with E-state index in [1.54, 1.807) is 24.3 Å². The lowest BCUT2D eigenvalue weighted by molar-refractivity contribution is -0.107. The second-order valence-corrected chi connectivity index (χ2v) is 4.56. The van der Waals surface area contributed by atoms with Gasteiger partial charge >= 0.3 is 5.97 Å². The van der Waals surface area contributed by atoms with E-state index in [4.69, 9.17) is 11.2 Å². The molecule has 0 fully saturated rings. The Bertz CT molecular complexity index is 672. The van der Waals surface area contributed by atoms with Gasteiger partial charge in [0.15, 0.2) is 6.29 Å². The van der Waals surface area contributed by atoms with Crippen LogP contribution in [0.15, 0.2) is 54.6 Å². The van der Waals surface area contributed by atoms with E-state index in [-0.39, 0.29) is 6.61 Å². The molecule has 1 atom stereocenters. The van der Waals surface area contributed by atoms with Gasteiger partial charge in [-0.05, 0) is 29.8 Å². The highest BCUT2D eigenvalue weighted by Gasteiger charge is 2.08. The number of aldehydes is 1. The summed E-state index contributed by atoms with van der Waals surface area (Å²) in [5.74, 6) is 1.90. The van der Waals surface area contributed by atoms with Gasteiger partial charge in [0, 0.05) is 5.69 Å². The molecule has 2 rings (SSSR count). The van der Waals surface area contributed by atoms with Gasteiger partial charge in [-0.15, -0.1) is 6.42 Å². The Morgan fingerprint density at radius 1 is 1.18 bits per heavy atom. The van der Waals surface area contributed by atoms with Crippen LogP contribution in [0.25, 0.3) is 0 Å². The predicted molar refractivity (Wildman–Crippen MR) is 84.3 cm³/mol. The van der Waals surface area contributed by atoms with E-state index >= 15 is 0 Å². The first-order valence-corrected chi connectivity index (χ1v) is 6.72. The van der Waals surface area contributed by atoms with Crippen LogP contribution in [0.3, 0.4) is 0 Å². The normalized spacial score (nSPS) is 11.0. The van der Waals surface area contributed by atoms with Gasteiger partial charge in [0.2, 0.25) is 0 Å². The molecule has 0 saturated carbocycles. The molecule has 4 nitrogen and oxygen atoms in total. The third-order valence-corrected chi connectivity index (χ3v) is 2.97. The third kappa shape index (κ3) is 4.22. The fourth-order valence-corrected chi connectivity index (χ4v) is 1.80. The summed E-state index contributed by atoms with van der Waals surface area (Å²) in [7, 11) is 0. The maximum absolute atomic E-state index is 11.9. The summed E-state index contributed by atoms with van der Waals surface area (Å²) in [6.45, 7) is 0.226. The van der Waals surface area contributed by atoms with E-state index in [0.29, 0.717) is 17.5 Å². The molecule has 4 heteroatoms. The van der Waals surface area contributed by atoms with E-state index in [9.17, 15) is 9.59 Å². The highest BCUT2D eigenvalue weighted by atomic mass is 16.5. The molecule has 2 aromatic rings. The number of anilines is 1. The fraction of sp³-hybridized carbons (Fsp3) is 0.111. The minimum absolute atomic E-state index is 0.226. The first-order chi connectivity index (χ1) is 10.7. The average Bonchev–Trinajstić information content (AvgIpc) is 2.59. The molecule has 0 aromatic heterocycles. The highest BCUT2D eigenvalue weighted by Crippen LogP contribution is 2.12. The molecule has 110 valence electrons. The molecule has 0 aliphatic carbocycles. The Balaban J connectivity index is 1.94. The molecule has 22 heavy (non-hydrogen) atoms. The maximum atomic E-state index is 11.9. The second kappa shape index (κ2) is 7.65. The van der Waals surface area contributed by atoms with Crippen molar-refractivity contribution in [1.82, 2.24) is 0 Å². The van der Waals surface area contributed by atoms with Crippen LogP contribution in [0.4, 0.5) is 5.69 Å². The largest absolute Gasteiger partial charge is 0.457 e. The van der Waals surface area contributed by atoms with Gasteiger partial charge in [-0.3, -0.25) is 4.79 Å². The molecule has 1 N–H and O–H groups in total. The van der Waals surface area contributed by atoms with Crippen LogP contribution in [-0.2, 0) is 16.1 Å². The summed E-state index contributed by atoms with van der Waals surface area (Å²) in [5, 5.41) is 2.85. The summed E-state index contributed by atoms with van der Waals surface area (Å²) in [4.78, 5) is 22.6. The average molecular weight is 293 g/mol. The van der Waals surface area contributed by atoms with Crippen LogP contribution >= 0.6 is 0 Å². The van der Waals surface area contributed by atoms with Crippen molar-refractivity contribution in [2.24, 2.45) is 0 Å². The van der Waals surface area contributed by atoms with Crippen LogP contribution in [0.5, 0.6) is 0 Å². The van der Waals surface area contributed by atoms with Gasteiger partial charge in [0.1, 0.15) is 12.6 Å². The van der Waals surface area contributed by atoms with Crippen LogP contribution in [0.1, 0.15) is 15.9 Å². The van der Waals surface area contributed by atoms with Gasteiger partial charge in [-0.2, -0.15) is 0 Å². The Labute approximate surface area is 129 Å². The number of nitrogens with one attached hydrogen (secondary N) is 1. The molecule has 1 unspecified atom stereocenters. The molecule has 0 amide bonds. The van der Waals surface area contributed by atoms with Crippen molar-refractivity contribution in [1.29, 1.82) is 0 Å². The van der Waals surface area contributed by atoms with Crippen molar-refractivity contribution in [3.8, 4) is 12.3 Å². The quantitative estimate of drug-likeness (QED) is 0.505. The molecule has 0 radical (unpaired) electrons. The molecule has 2 aromatic carbocycles.